The Bertz CT molecular complexity index is 507. The fourth-order valence-electron chi connectivity index (χ4n) is 1.15. The minimum atomic E-state index is -0.362. The van der Waals surface area contributed by atoms with E-state index in [9.17, 15) is 4.79 Å². The van der Waals surface area contributed by atoms with Crippen LogP contribution in [0.3, 0.4) is 0 Å². The van der Waals surface area contributed by atoms with Gasteiger partial charge >= 0.3 is 0 Å². The summed E-state index contributed by atoms with van der Waals surface area (Å²) in [5, 5.41) is 6.51. The number of hydrogen-bond donors (Lipinski definition) is 1. The molecular formula is C10H8ClN3O2. The zero-order valence-electron chi connectivity index (χ0n) is 8.40. The van der Waals surface area contributed by atoms with Gasteiger partial charge in [0.15, 0.2) is 0 Å². The molecule has 16 heavy (non-hydrogen) atoms. The molecular weight excluding hydrogens is 230 g/mol. The van der Waals surface area contributed by atoms with Crippen molar-refractivity contribution in [2.24, 2.45) is 0 Å². The van der Waals surface area contributed by atoms with E-state index in [0.29, 0.717) is 16.4 Å². The van der Waals surface area contributed by atoms with Gasteiger partial charge in [-0.05, 0) is 19.1 Å². The SMILES string of the molecule is Cc1cnoc1C(=O)Nc1ccc(Cl)nc1. The van der Waals surface area contributed by atoms with Gasteiger partial charge < -0.3 is 9.84 Å². The van der Waals surface area contributed by atoms with Crippen LogP contribution in [0.2, 0.25) is 5.15 Å². The fraction of sp³-hybridized carbons (Fsp3) is 0.100. The van der Waals surface area contributed by atoms with E-state index >= 15 is 0 Å². The van der Waals surface area contributed by atoms with Crippen molar-refractivity contribution in [2.75, 3.05) is 5.32 Å². The predicted octanol–water partition coefficient (Wildman–Crippen LogP) is 2.28. The fourth-order valence-corrected chi connectivity index (χ4v) is 1.26. The summed E-state index contributed by atoms with van der Waals surface area (Å²) in [7, 11) is 0. The molecule has 0 fully saturated rings. The lowest BCUT2D eigenvalue weighted by atomic mass is 10.3. The Morgan fingerprint density at radius 3 is 2.81 bits per heavy atom. The van der Waals surface area contributed by atoms with Crippen molar-refractivity contribution >= 4 is 23.2 Å². The number of rotatable bonds is 2. The minimum Gasteiger partial charge on any atom is -0.351 e. The van der Waals surface area contributed by atoms with Crippen molar-refractivity contribution in [1.29, 1.82) is 0 Å². The van der Waals surface area contributed by atoms with Gasteiger partial charge in [0.25, 0.3) is 5.91 Å². The van der Waals surface area contributed by atoms with Crippen LogP contribution in [0.25, 0.3) is 0 Å². The Morgan fingerprint density at radius 2 is 2.25 bits per heavy atom. The zero-order valence-corrected chi connectivity index (χ0v) is 9.15. The summed E-state index contributed by atoms with van der Waals surface area (Å²) >= 11 is 5.62. The highest BCUT2D eigenvalue weighted by molar-refractivity contribution is 6.29. The van der Waals surface area contributed by atoms with Crippen molar-refractivity contribution in [2.45, 2.75) is 6.92 Å². The molecule has 0 unspecified atom stereocenters. The molecule has 0 radical (unpaired) electrons. The van der Waals surface area contributed by atoms with Crippen LogP contribution < -0.4 is 5.32 Å². The van der Waals surface area contributed by atoms with E-state index in [1.807, 2.05) is 0 Å². The minimum absolute atomic E-state index is 0.190. The molecule has 2 heterocycles. The first-order valence-corrected chi connectivity index (χ1v) is 4.89. The van der Waals surface area contributed by atoms with Crippen LogP contribution in [-0.2, 0) is 0 Å². The number of aromatic nitrogens is 2. The standard InChI is InChI=1S/C10H8ClN3O2/c1-6-4-13-16-9(6)10(15)14-7-2-3-8(11)12-5-7/h2-5H,1H3,(H,14,15). The second-order valence-corrected chi connectivity index (χ2v) is 3.55. The van der Waals surface area contributed by atoms with Crippen LogP contribution in [0.1, 0.15) is 16.1 Å². The summed E-state index contributed by atoms with van der Waals surface area (Å²) in [5.74, 6) is -0.172. The third-order valence-corrected chi connectivity index (χ3v) is 2.16. The largest absolute Gasteiger partial charge is 0.351 e. The normalized spacial score (nSPS) is 10.1. The van der Waals surface area contributed by atoms with E-state index in [2.05, 4.69) is 15.5 Å². The molecule has 1 N–H and O–H groups in total. The highest BCUT2D eigenvalue weighted by atomic mass is 35.5. The summed E-state index contributed by atoms with van der Waals surface area (Å²) in [5.41, 5.74) is 1.23. The van der Waals surface area contributed by atoms with E-state index in [4.69, 9.17) is 16.1 Å². The highest BCUT2D eigenvalue weighted by Gasteiger charge is 2.14. The molecule has 0 aromatic carbocycles. The van der Waals surface area contributed by atoms with E-state index < -0.39 is 0 Å². The maximum atomic E-state index is 11.7. The first kappa shape index (κ1) is 10.6. The van der Waals surface area contributed by atoms with Crippen LogP contribution in [0.15, 0.2) is 29.0 Å². The lowest BCUT2D eigenvalue weighted by Crippen LogP contribution is -2.12. The topological polar surface area (TPSA) is 68.0 Å². The van der Waals surface area contributed by atoms with Crippen molar-refractivity contribution in [3.63, 3.8) is 0 Å². The van der Waals surface area contributed by atoms with E-state index in [1.54, 1.807) is 19.1 Å². The predicted molar refractivity (Wildman–Crippen MR) is 58.4 cm³/mol. The van der Waals surface area contributed by atoms with Gasteiger partial charge in [0.2, 0.25) is 5.76 Å². The van der Waals surface area contributed by atoms with Gasteiger partial charge in [0.05, 0.1) is 18.1 Å². The van der Waals surface area contributed by atoms with E-state index in [-0.39, 0.29) is 11.7 Å². The molecule has 1 amide bonds. The summed E-state index contributed by atoms with van der Waals surface area (Å²) in [6, 6.07) is 3.24. The Hall–Kier alpha value is -1.88. The van der Waals surface area contributed by atoms with Gasteiger partial charge in [0.1, 0.15) is 5.15 Å². The Morgan fingerprint density at radius 1 is 1.44 bits per heavy atom. The maximum absolute atomic E-state index is 11.7. The summed E-state index contributed by atoms with van der Waals surface area (Å²) in [6.07, 6.45) is 2.95. The van der Waals surface area contributed by atoms with Gasteiger partial charge in [-0.25, -0.2) is 4.98 Å². The van der Waals surface area contributed by atoms with Crippen LogP contribution in [-0.4, -0.2) is 16.0 Å². The first-order chi connectivity index (χ1) is 7.66. The number of anilines is 1. The number of halogens is 1. The smallest absolute Gasteiger partial charge is 0.294 e. The number of nitrogens with zero attached hydrogens (tertiary/aromatic N) is 2. The lowest BCUT2D eigenvalue weighted by molar-refractivity contribution is 0.0987. The van der Waals surface area contributed by atoms with Crippen LogP contribution in [0, 0.1) is 6.92 Å². The number of aryl methyl sites for hydroxylation is 1. The monoisotopic (exact) mass is 237 g/mol. The second-order valence-electron chi connectivity index (χ2n) is 3.16. The maximum Gasteiger partial charge on any atom is 0.294 e. The number of carbonyl (C=O) groups excluding carboxylic acids is 1. The third-order valence-electron chi connectivity index (χ3n) is 1.94. The number of nitrogens with one attached hydrogen (secondary N) is 1. The van der Waals surface area contributed by atoms with Gasteiger partial charge in [-0.15, -0.1) is 0 Å². The second kappa shape index (κ2) is 4.32. The van der Waals surface area contributed by atoms with Crippen LogP contribution >= 0.6 is 11.6 Å². The summed E-state index contributed by atoms with van der Waals surface area (Å²) in [6.45, 7) is 1.74. The summed E-state index contributed by atoms with van der Waals surface area (Å²) in [4.78, 5) is 15.5. The van der Waals surface area contributed by atoms with Gasteiger partial charge in [-0.1, -0.05) is 16.8 Å². The Labute approximate surface area is 96.4 Å². The molecule has 0 bridgehead atoms. The number of carbonyl (C=O) groups is 1. The number of hydrogen-bond acceptors (Lipinski definition) is 4. The molecule has 82 valence electrons. The highest BCUT2D eigenvalue weighted by Crippen LogP contribution is 2.12. The van der Waals surface area contributed by atoms with E-state index in [1.165, 1.54) is 12.4 Å². The molecule has 2 aromatic heterocycles. The van der Waals surface area contributed by atoms with Crippen molar-refractivity contribution in [3.05, 3.63) is 41.0 Å². The molecule has 2 rings (SSSR count). The van der Waals surface area contributed by atoms with Crippen molar-refractivity contribution in [1.82, 2.24) is 10.1 Å². The van der Waals surface area contributed by atoms with Crippen molar-refractivity contribution < 1.29 is 9.32 Å². The number of amides is 1. The quantitative estimate of drug-likeness (QED) is 0.814. The molecule has 0 aliphatic carbocycles. The van der Waals surface area contributed by atoms with E-state index in [0.717, 1.165) is 0 Å². The zero-order chi connectivity index (χ0) is 11.5. The van der Waals surface area contributed by atoms with Gasteiger partial charge in [0, 0.05) is 5.56 Å². The molecule has 0 atom stereocenters. The summed E-state index contributed by atoms with van der Waals surface area (Å²) < 4.78 is 4.81. The van der Waals surface area contributed by atoms with Crippen LogP contribution in [0.4, 0.5) is 5.69 Å². The molecule has 5 nitrogen and oxygen atoms in total. The van der Waals surface area contributed by atoms with Gasteiger partial charge in [-0.3, -0.25) is 4.79 Å². The van der Waals surface area contributed by atoms with Crippen LogP contribution in [0.5, 0.6) is 0 Å². The molecule has 0 saturated heterocycles. The molecule has 0 saturated carbocycles. The third kappa shape index (κ3) is 2.20. The first-order valence-electron chi connectivity index (χ1n) is 4.51. The Kier molecular flexibility index (Phi) is 2.87. The molecule has 2 aromatic rings. The Balaban J connectivity index is 2.14. The van der Waals surface area contributed by atoms with Crippen molar-refractivity contribution in [3.8, 4) is 0 Å². The molecule has 6 heteroatoms. The molecule has 0 aliphatic rings. The van der Waals surface area contributed by atoms with Gasteiger partial charge in [-0.2, -0.15) is 0 Å². The lowest BCUT2D eigenvalue weighted by Gasteiger charge is -2.02. The average Bonchev–Trinajstić information content (AvgIpc) is 2.68. The average molecular weight is 238 g/mol. The molecule has 0 spiro atoms. The molecule has 0 aliphatic heterocycles. The number of pyridine rings is 1.